The quantitative estimate of drug-likeness (QED) is 0.777. The maximum atomic E-state index is 12.6. The first kappa shape index (κ1) is 12.1. The van der Waals surface area contributed by atoms with Crippen molar-refractivity contribution in [3.63, 3.8) is 0 Å². The number of carbonyl (C=O) groups excluding carboxylic acids is 1. The molecule has 0 heterocycles. The van der Waals surface area contributed by atoms with Gasteiger partial charge in [0.2, 0.25) is 0 Å². The number of hydrogen-bond acceptors (Lipinski definition) is 2. The second-order valence-corrected chi connectivity index (χ2v) is 3.33. The first-order valence-electron chi connectivity index (χ1n) is 4.85. The standard InChI is InChI=1S/C12H11FO3/c13-11-6-4-9(5-7-11)10(8-14)2-1-3-12(15)16/h4-7H,1-3H2,(H,15,16). The van der Waals surface area contributed by atoms with Crippen LogP contribution < -0.4 is 0 Å². The Hall–Kier alpha value is -1.93. The zero-order valence-corrected chi connectivity index (χ0v) is 8.57. The van der Waals surface area contributed by atoms with Crippen molar-refractivity contribution in [2.75, 3.05) is 0 Å². The first-order chi connectivity index (χ1) is 7.63. The fourth-order valence-electron chi connectivity index (χ4n) is 1.32. The van der Waals surface area contributed by atoms with Gasteiger partial charge in [0, 0.05) is 12.0 Å². The molecule has 0 fully saturated rings. The van der Waals surface area contributed by atoms with Crippen molar-refractivity contribution in [3.8, 4) is 0 Å². The average molecular weight is 222 g/mol. The van der Waals surface area contributed by atoms with Crippen LogP contribution in [0.4, 0.5) is 4.39 Å². The molecule has 0 aliphatic heterocycles. The summed E-state index contributed by atoms with van der Waals surface area (Å²) in [6, 6.07) is 5.47. The fraction of sp³-hybridized carbons (Fsp3) is 0.250. The third-order valence-electron chi connectivity index (χ3n) is 2.13. The summed E-state index contributed by atoms with van der Waals surface area (Å²) in [4.78, 5) is 21.0. The number of rotatable bonds is 5. The summed E-state index contributed by atoms with van der Waals surface area (Å²) >= 11 is 0. The Balaban J connectivity index is 2.65. The third-order valence-corrected chi connectivity index (χ3v) is 2.13. The van der Waals surface area contributed by atoms with E-state index in [1.54, 1.807) is 5.94 Å². The summed E-state index contributed by atoms with van der Waals surface area (Å²) in [6.45, 7) is 0. The molecule has 3 nitrogen and oxygen atoms in total. The zero-order chi connectivity index (χ0) is 12.0. The average Bonchev–Trinajstić information content (AvgIpc) is 2.26. The van der Waals surface area contributed by atoms with E-state index < -0.39 is 5.97 Å². The van der Waals surface area contributed by atoms with Crippen molar-refractivity contribution in [1.82, 2.24) is 0 Å². The third kappa shape index (κ3) is 3.67. The van der Waals surface area contributed by atoms with Gasteiger partial charge < -0.3 is 5.11 Å². The smallest absolute Gasteiger partial charge is 0.303 e. The molecule has 4 heteroatoms. The van der Waals surface area contributed by atoms with Gasteiger partial charge in [-0.1, -0.05) is 12.1 Å². The lowest BCUT2D eigenvalue weighted by molar-refractivity contribution is -0.137. The van der Waals surface area contributed by atoms with Gasteiger partial charge in [-0.3, -0.25) is 4.79 Å². The van der Waals surface area contributed by atoms with Gasteiger partial charge >= 0.3 is 5.97 Å². The molecule has 0 atom stereocenters. The number of benzene rings is 1. The Morgan fingerprint density at radius 1 is 1.25 bits per heavy atom. The summed E-state index contributed by atoms with van der Waals surface area (Å²) < 4.78 is 12.6. The number of halogens is 1. The van der Waals surface area contributed by atoms with E-state index in [4.69, 9.17) is 5.11 Å². The molecule has 0 saturated heterocycles. The molecule has 0 bridgehead atoms. The van der Waals surface area contributed by atoms with Crippen molar-refractivity contribution in [3.05, 3.63) is 35.6 Å². The Morgan fingerprint density at radius 3 is 2.38 bits per heavy atom. The highest BCUT2D eigenvalue weighted by atomic mass is 19.1. The van der Waals surface area contributed by atoms with E-state index in [1.165, 1.54) is 24.3 Å². The molecular formula is C12H11FO3. The summed E-state index contributed by atoms with van der Waals surface area (Å²) in [7, 11) is 0. The predicted molar refractivity (Wildman–Crippen MR) is 57.0 cm³/mol. The molecule has 16 heavy (non-hydrogen) atoms. The number of carboxylic acid groups (broad SMARTS) is 1. The molecule has 1 N–H and O–H groups in total. The summed E-state index contributed by atoms with van der Waals surface area (Å²) in [6.07, 6.45) is 0.713. The Kier molecular flexibility index (Phi) is 4.42. The van der Waals surface area contributed by atoms with E-state index in [1.807, 2.05) is 0 Å². The van der Waals surface area contributed by atoms with Crippen LogP contribution in [-0.4, -0.2) is 17.0 Å². The van der Waals surface area contributed by atoms with Crippen LogP contribution in [0.2, 0.25) is 0 Å². The van der Waals surface area contributed by atoms with Gasteiger partial charge in [0.15, 0.2) is 0 Å². The monoisotopic (exact) mass is 222 g/mol. The minimum Gasteiger partial charge on any atom is -0.481 e. The molecule has 0 amide bonds. The summed E-state index contributed by atoms with van der Waals surface area (Å²) in [5.41, 5.74) is 0.961. The molecule has 0 unspecified atom stereocenters. The largest absolute Gasteiger partial charge is 0.481 e. The van der Waals surface area contributed by atoms with Crippen molar-refractivity contribution in [1.29, 1.82) is 0 Å². The Bertz CT molecular complexity index is 416. The normalized spacial score (nSPS) is 9.56. The molecule has 0 saturated carbocycles. The predicted octanol–water partition coefficient (Wildman–Crippen LogP) is 2.30. The van der Waals surface area contributed by atoms with Gasteiger partial charge in [0.25, 0.3) is 0 Å². The van der Waals surface area contributed by atoms with Crippen LogP contribution in [0.1, 0.15) is 24.8 Å². The van der Waals surface area contributed by atoms with Crippen LogP contribution in [0.25, 0.3) is 5.57 Å². The minimum atomic E-state index is -0.899. The zero-order valence-electron chi connectivity index (χ0n) is 8.57. The number of carboxylic acids is 1. The molecule has 0 spiro atoms. The van der Waals surface area contributed by atoms with E-state index in [2.05, 4.69) is 0 Å². The van der Waals surface area contributed by atoms with E-state index in [9.17, 15) is 14.0 Å². The topological polar surface area (TPSA) is 54.4 Å². The van der Waals surface area contributed by atoms with Crippen LogP contribution >= 0.6 is 0 Å². The first-order valence-corrected chi connectivity index (χ1v) is 4.85. The molecule has 1 aromatic carbocycles. The highest BCUT2D eigenvalue weighted by Crippen LogP contribution is 2.18. The van der Waals surface area contributed by atoms with Gasteiger partial charge in [0.05, 0.1) is 0 Å². The van der Waals surface area contributed by atoms with Crippen LogP contribution in [-0.2, 0) is 9.59 Å². The SMILES string of the molecule is O=C=C(CCCC(=O)O)c1ccc(F)cc1. The second kappa shape index (κ2) is 5.83. The highest BCUT2D eigenvalue weighted by molar-refractivity contribution is 5.87. The van der Waals surface area contributed by atoms with E-state index in [0.29, 0.717) is 24.0 Å². The molecule has 1 rings (SSSR count). The van der Waals surface area contributed by atoms with Crippen LogP contribution in [0.15, 0.2) is 24.3 Å². The summed E-state index contributed by atoms with van der Waals surface area (Å²) in [5.74, 6) is 0.489. The fourth-order valence-corrected chi connectivity index (χ4v) is 1.32. The molecule has 1 aromatic rings. The van der Waals surface area contributed by atoms with Gasteiger partial charge in [0.1, 0.15) is 11.8 Å². The maximum absolute atomic E-state index is 12.6. The van der Waals surface area contributed by atoms with Gasteiger partial charge in [-0.15, -0.1) is 0 Å². The van der Waals surface area contributed by atoms with Gasteiger partial charge in [-0.05, 0) is 30.5 Å². The van der Waals surface area contributed by atoms with Crippen molar-refractivity contribution < 1.29 is 19.1 Å². The maximum Gasteiger partial charge on any atom is 0.303 e. The van der Waals surface area contributed by atoms with Crippen molar-refractivity contribution in [2.24, 2.45) is 0 Å². The van der Waals surface area contributed by atoms with Gasteiger partial charge in [-0.25, -0.2) is 9.18 Å². The highest BCUT2D eigenvalue weighted by Gasteiger charge is 2.05. The van der Waals surface area contributed by atoms with E-state index in [0.717, 1.165) is 0 Å². The van der Waals surface area contributed by atoms with Crippen molar-refractivity contribution >= 4 is 17.5 Å². The lowest BCUT2D eigenvalue weighted by Gasteiger charge is -2.02. The molecular weight excluding hydrogens is 211 g/mol. The molecule has 0 radical (unpaired) electrons. The lowest BCUT2D eigenvalue weighted by Crippen LogP contribution is -1.95. The van der Waals surface area contributed by atoms with E-state index >= 15 is 0 Å². The minimum absolute atomic E-state index is 0.00632. The van der Waals surface area contributed by atoms with Gasteiger partial charge in [-0.2, -0.15) is 0 Å². The molecule has 0 aliphatic carbocycles. The Labute approximate surface area is 92.2 Å². The summed E-state index contributed by atoms with van der Waals surface area (Å²) in [5, 5.41) is 8.45. The van der Waals surface area contributed by atoms with Crippen LogP contribution in [0, 0.1) is 5.82 Å². The van der Waals surface area contributed by atoms with Crippen molar-refractivity contribution in [2.45, 2.75) is 19.3 Å². The van der Waals surface area contributed by atoms with E-state index in [-0.39, 0.29) is 12.2 Å². The number of allylic oxidation sites excluding steroid dienone is 1. The number of carbonyl (C=O) groups is 1. The molecule has 0 aromatic heterocycles. The number of aliphatic carboxylic acids is 1. The lowest BCUT2D eigenvalue weighted by atomic mass is 10.0. The van der Waals surface area contributed by atoms with Crippen LogP contribution in [0.5, 0.6) is 0 Å². The Morgan fingerprint density at radius 2 is 1.88 bits per heavy atom. The molecule has 84 valence electrons. The second-order valence-electron chi connectivity index (χ2n) is 3.33. The number of hydrogen-bond donors (Lipinski definition) is 1. The van der Waals surface area contributed by atoms with Crippen LogP contribution in [0.3, 0.4) is 0 Å². The molecule has 0 aliphatic rings.